The summed E-state index contributed by atoms with van der Waals surface area (Å²) in [5, 5.41) is 16.2. The van der Waals surface area contributed by atoms with Crippen molar-refractivity contribution >= 4 is 24.9 Å². The van der Waals surface area contributed by atoms with Crippen molar-refractivity contribution in [2.24, 2.45) is 5.16 Å². The fraction of sp³-hybridized carbons (Fsp3) is 0.435. The van der Waals surface area contributed by atoms with Crippen LogP contribution in [0.15, 0.2) is 65.8 Å². The molecule has 156 valence electrons. The molecule has 1 aliphatic rings. The number of hydrogen-bond donors (Lipinski definition) is 1. The summed E-state index contributed by atoms with van der Waals surface area (Å²) in [4.78, 5) is 0. The molecule has 6 heteroatoms. The second kappa shape index (κ2) is 8.40. The smallest absolute Gasteiger partial charge is 0.354 e. The zero-order chi connectivity index (χ0) is 21.1. The van der Waals surface area contributed by atoms with Crippen molar-refractivity contribution in [3.05, 3.63) is 60.7 Å². The van der Waals surface area contributed by atoms with Crippen molar-refractivity contribution in [1.82, 2.24) is 0 Å². The number of benzene rings is 2. The molecule has 0 aromatic heterocycles. The number of aliphatic hydroxyl groups excluding tert-OH is 1. The SMILES string of the molecule is CC1(C)O[C@@H](C=NO[Si](c2ccccc2)(c2ccccc2)C(C)(C)C)[C@@H](CO)O1. The van der Waals surface area contributed by atoms with Crippen molar-refractivity contribution in [3.8, 4) is 0 Å². The van der Waals surface area contributed by atoms with E-state index in [1.807, 2.05) is 50.2 Å². The molecule has 0 spiro atoms. The lowest BCUT2D eigenvalue weighted by Gasteiger charge is -2.40. The van der Waals surface area contributed by atoms with Gasteiger partial charge in [0.15, 0.2) is 5.79 Å². The van der Waals surface area contributed by atoms with Gasteiger partial charge in [0.25, 0.3) is 0 Å². The molecule has 0 bridgehead atoms. The van der Waals surface area contributed by atoms with Gasteiger partial charge in [-0.1, -0.05) is 81.4 Å². The summed E-state index contributed by atoms with van der Waals surface area (Å²) in [7, 11) is -2.75. The molecule has 2 aromatic rings. The highest BCUT2D eigenvalue weighted by molar-refractivity contribution is 6.99. The third-order valence-corrected chi connectivity index (χ3v) is 10.0. The standard InChI is InChI=1S/C23H31NO4Si/c1-22(2,3)29(18-12-8-6-9-13-18,19-14-10-7-11-15-19)28-24-16-20-21(17-25)27-23(4,5)26-20/h6-16,20-21,25H,17H2,1-5H3/t20-,21+/m0/s1. The molecule has 0 amide bonds. The number of ether oxygens (including phenoxy) is 2. The Morgan fingerprint density at radius 3 is 1.97 bits per heavy atom. The second-order valence-corrected chi connectivity index (χ2v) is 13.0. The minimum Gasteiger partial charge on any atom is -0.443 e. The summed E-state index contributed by atoms with van der Waals surface area (Å²) < 4.78 is 18.1. The third-order valence-electron chi connectivity index (χ3n) is 5.22. The maximum atomic E-state index is 9.61. The minimum absolute atomic E-state index is 0.140. The average molecular weight is 414 g/mol. The van der Waals surface area contributed by atoms with Crippen LogP contribution in [0.1, 0.15) is 34.6 Å². The number of rotatable bonds is 6. The van der Waals surface area contributed by atoms with E-state index in [1.165, 1.54) is 0 Å². The summed E-state index contributed by atoms with van der Waals surface area (Å²) in [6.07, 6.45) is 0.694. The van der Waals surface area contributed by atoms with Crippen LogP contribution in [0.2, 0.25) is 5.04 Å². The minimum atomic E-state index is -2.75. The van der Waals surface area contributed by atoms with Gasteiger partial charge in [0, 0.05) is 5.04 Å². The lowest BCUT2D eigenvalue weighted by atomic mass is 10.2. The van der Waals surface area contributed by atoms with Gasteiger partial charge >= 0.3 is 8.32 Å². The van der Waals surface area contributed by atoms with Crippen molar-refractivity contribution in [1.29, 1.82) is 0 Å². The number of oxime groups is 1. The van der Waals surface area contributed by atoms with E-state index in [9.17, 15) is 5.11 Å². The van der Waals surface area contributed by atoms with Crippen LogP contribution in [0.25, 0.3) is 0 Å². The Kier molecular flexibility index (Phi) is 6.29. The van der Waals surface area contributed by atoms with Gasteiger partial charge in [-0.25, -0.2) is 0 Å². The van der Waals surface area contributed by atoms with E-state index in [0.717, 1.165) is 10.4 Å². The van der Waals surface area contributed by atoms with Crippen LogP contribution < -0.4 is 10.4 Å². The summed E-state index contributed by atoms with van der Waals surface area (Å²) >= 11 is 0. The van der Waals surface area contributed by atoms with Crippen LogP contribution in [0.5, 0.6) is 0 Å². The Morgan fingerprint density at radius 2 is 1.52 bits per heavy atom. The molecule has 1 aliphatic heterocycles. The predicted octanol–water partition coefficient (Wildman–Crippen LogP) is 3.06. The molecule has 0 saturated carbocycles. The Balaban J connectivity index is 2.00. The highest BCUT2D eigenvalue weighted by Crippen LogP contribution is 2.37. The lowest BCUT2D eigenvalue weighted by molar-refractivity contribution is -0.145. The van der Waals surface area contributed by atoms with Crippen molar-refractivity contribution in [3.63, 3.8) is 0 Å². The van der Waals surface area contributed by atoms with Crippen molar-refractivity contribution in [2.75, 3.05) is 6.61 Å². The quantitative estimate of drug-likeness (QED) is 0.449. The van der Waals surface area contributed by atoms with E-state index in [-0.39, 0.29) is 11.6 Å². The van der Waals surface area contributed by atoms with Gasteiger partial charge in [0.1, 0.15) is 12.2 Å². The van der Waals surface area contributed by atoms with Gasteiger partial charge in [-0.2, -0.15) is 0 Å². The molecule has 2 aromatic carbocycles. The molecule has 5 nitrogen and oxygen atoms in total. The number of aliphatic hydroxyl groups is 1. The maximum absolute atomic E-state index is 9.61. The highest BCUT2D eigenvalue weighted by Gasteiger charge is 2.53. The summed E-state index contributed by atoms with van der Waals surface area (Å²) in [6.45, 7) is 10.1. The molecule has 3 rings (SSSR count). The lowest BCUT2D eigenvalue weighted by Crippen LogP contribution is -2.65. The van der Waals surface area contributed by atoms with E-state index in [0.29, 0.717) is 0 Å². The second-order valence-electron chi connectivity index (χ2n) is 8.83. The maximum Gasteiger partial charge on any atom is 0.354 e. The van der Waals surface area contributed by atoms with E-state index in [4.69, 9.17) is 14.0 Å². The van der Waals surface area contributed by atoms with E-state index in [1.54, 1.807) is 6.21 Å². The van der Waals surface area contributed by atoms with E-state index in [2.05, 4.69) is 50.2 Å². The first-order valence-corrected chi connectivity index (χ1v) is 11.9. The molecule has 29 heavy (non-hydrogen) atoms. The van der Waals surface area contributed by atoms with Crippen LogP contribution in [0.4, 0.5) is 0 Å². The first kappa shape index (κ1) is 21.7. The van der Waals surface area contributed by atoms with Crippen molar-refractivity contribution < 1.29 is 19.1 Å². The summed E-state index contributed by atoms with van der Waals surface area (Å²) in [6, 6.07) is 20.7. The third kappa shape index (κ3) is 4.45. The van der Waals surface area contributed by atoms with Gasteiger partial charge in [0.05, 0.1) is 12.8 Å². The number of hydrogen-bond acceptors (Lipinski definition) is 5. The fourth-order valence-corrected chi connectivity index (χ4v) is 8.01. The fourth-order valence-electron chi connectivity index (χ4n) is 3.92. The van der Waals surface area contributed by atoms with Crippen LogP contribution in [-0.4, -0.2) is 44.2 Å². The van der Waals surface area contributed by atoms with E-state index < -0.39 is 26.3 Å². The topological polar surface area (TPSA) is 60.3 Å². The van der Waals surface area contributed by atoms with E-state index >= 15 is 0 Å². The molecule has 1 heterocycles. The normalized spacial score (nSPS) is 22.1. The molecule has 1 fully saturated rings. The highest BCUT2D eigenvalue weighted by atomic mass is 28.4. The largest absolute Gasteiger partial charge is 0.443 e. The monoisotopic (exact) mass is 413 g/mol. The summed E-state index contributed by atoms with van der Waals surface area (Å²) in [5.41, 5.74) is 0. The average Bonchev–Trinajstić information content (AvgIpc) is 2.99. The Hall–Kier alpha value is -1.99. The van der Waals surface area contributed by atoms with Gasteiger partial charge in [0.2, 0.25) is 0 Å². The molecule has 0 unspecified atom stereocenters. The zero-order valence-electron chi connectivity index (χ0n) is 17.8. The molecular weight excluding hydrogens is 382 g/mol. The molecule has 0 aliphatic carbocycles. The van der Waals surface area contributed by atoms with Gasteiger partial charge < -0.3 is 19.1 Å². The van der Waals surface area contributed by atoms with Crippen LogP contribution >= 0.6 is 0 Å². The Labute approximate surface area is 174 Å². The molecule has 0 radical (unpaired) electrons. The first-order valence-electron chi connectivity index (χ1n) is 9.99. The Morgan fingerprint density at radius 1 is 1.00 bits per heavy atom. The Bertz CT molecular complexity index is 778. The predicted molar refractivity (Wildman–Crippen MR) is 118 cm³/mol. The van der Waals surface area contributed by atoms with Crippen LogP contribution in [0.3, 0.4) is 0 Å². The van der Waals surface area contributed by atoms with Gasteiger partial charge in [-0.3, -0.25) is 0 Å². The molecule has 1 saturated heterocycles. The van der Waals surface area contributed by atoms with Gasteiger partial charge in [-0.05, 0) is 24.2 Å². The van der Waals surface area contributed by atoms with Crippen molar-refractivity contribution in [2.45, 2.75) is 57.7 Å². The van der Waals surface area contributed by atoms with Crippen LogP contribution in [0, 0.1) is 0 Å². The van der Waals surface area contributed by atoms with Crippen LogP contribution in [-0.2, 0) is 14.0 Å². The summed E-state index contributed by atoms with van der Waals surface area (Å²) in [5.74, 6) is -0.762. The molecule has 2 atom stereocenters. The molecular formula is C23H31NO4Si. The van der Waals surface area contributed by atoms with Gasteiger partial charge in [-0.15, -0.1) is 5.16 Å². The molecule has 1 N–H and O–H groups in total. The first-order chi connectivity index (χ1) is 13.7. The zero-order valence-corrected chi connectivity index (χ0v) is 18.8. The number of nitrogens with zero attached hydrogens (tertiary/aromatic N) is 1.